The number of nitrogens with zero attached hydrogens (tertiary/aromatic N) is 1. The Morgan fingerprint density at radius 2 is 1.95 bits per heavy atom. The number of halogens is 1. The average molecular weight is 287 g/mol. The summed E-state index contributed by atoms with van der Waals surface area (Å²) in [6, 6.07) is 9.71. The Hall–Kier alpha value is -2.56. The summed E-state index contributed by atoms with van der Waals surface area (Å²) >= 11 is 0. The zero-order valence-corrected chi connectivity index (χ0v) is 12.3. The summed E-state index contributed by atoms with van der Waals surface area (Å²) in [6.45, 7) is 1.62. The van der Waals surface area contributed by atoms with Gasteiger partial charge in [0.05, 0.1) is 5.56 Å². The number of anilines is 3. The molecule has 1 amide bonds. The molecule has 0 aliphatic heterocycles. The number of benzene rings is 2. The number of rotatable bonds is 3. The van der Waals surface area contributed by atoms with Gasteiger partial charge in [0.1, 0.15) is 5.82 Å². The molecule has 0 saturated carbocycles. The lowest BCUT2D eigenvalue weighted by Crippen LogP contribution is -2.19. The van der Waals surface area contributed by atoms with E-state index in [1.807, 2.05) is 19.0 Å². The van der Waals surface area contributed by atoms with E-state index in [4.69, 9.17) is 5.73 Å². The molecule has 0 spiro atoms. The molecular formula is C16H18FN3O. The molecule has 2 aromatic carbocycles. The highest BCUT2D eigenvalue weighted by Gasteiger charge is 2.15. The first-order valence-electron chi connectivity index (χ1n) is 6.53. The second kappa shape index (κ2) is 5.83. The van der Waals surface area contributed by atoms with E-state index in [-0.39, 0.29) is 11.7 Å². The summed E-state index contributed by atoms with van der Waals surface area (Å²) in [6.07, 6.45) is 0. The lowest BCUT2D eigenvalue weighted by Gasteiger charge is -2.18. The van der Waals surface area contributed by atoms with Crippen LogP contribution in [0.2, 0.25) is 0 Å². The van der Waals surface area contributed by atoms with Gasteiger partial charge in [0.25, 0.3) is 5.91 Å². The van der Waals surface area contributed by atoms with Gasteiger partial charge in [-0.25, -0.2) is 4.39 Å². The molecule has 0 heterocycles. The Morgan fingerprint density at radius 1 is 1.24 bits per heavy atom. The number of amides is 1. The van der Waals surface area contributed by atoms with Crippen molar-refractivity contribution in [2.24, 2.45) is 0 Å². The Morgan fingerprint density at radius 3 is 2.62 bits per heavy atom. The fourth-order valence-electron chi connectivity index (χ4n) is 2.06. The van der Waals surface area contributed by atoms with Crippen LogP contribution in [-0.4, -0.2) is 20.0 Å². The Balaban J connectivity index is 2.37. The van der Waals surface area contributed by atoms with Crippen molar-refractivity contribution in [3.05, 3.63) is 53.3 Å². The van der Waals surface area contributed by atoms with Crippen molar-refractivity contribution in [1.82, 2.24) is 0 Å². The first-order chi connectivity index (χ1) is 9.90. The van der Waals surface area contributed by atoms with Crippen LogP contribution in [0.5, 0.6) is 0 Å². The van der Waals surface area contributed by atoms with Crippen molar-refractivity contribution < 1.29 is 9.18 Å². The number of nitrogen functional groups attached to an aromatic ring is 1. The first-order valence-corrected chi connectivity index (χ1v) is 6.53. The van der Waals surface area contributed by atoms with E-state index in [2.05, 4.69) is 5.32 Å². The maximum atomic E-state index is 13.5. The molecule has 21 heavy (non-hydrogen) atoms. The molecule has 4 nitrogen and oxygen atoms in total. The van der Waals surface area contributed by atoms with Gasteiger partial charge in [-0.2, -0.15) is 0 Å². The van der Waals surface area contributed by atoms with Crippen molar-refractivity contribution in [3.8, 4) is 0 Å². The molecule has 2 aromatic rings. The number of nitrogens with two attached hydrogens (primary N) is 1. The predicted octanol–water partition coefficient (Wildman–Crippen LogP) is 3.03. The van der Waals surface area contributed by atoms with Crippen molar-refractivity contribution in [2.75, 3.05) is 30.0 Å². The Labute approximate surface area is 123 Å². The van der Waals surface area contributed by atoms with Crippen molar-refractivity contribution in [2.45, 2.75) is 6.92 Å². The third kappa shape index (κ3) is 3.13. The highest BCUT2D eigenvalue weighted by molar-refractivity contribution is 6.09. The van der Waals surface area contributed by atoms with Gasteiger partial charge in [0, 0.05) is 36.7 Å². The smallest absolute Gasteiger partial charge is 0.257 e. The Bertz CT molecular complexity index is 683. The highest BCUT2D eigenvalue weighted by atomic mass is 19.1. The standard InChI is InChI=1S/C16H18FN3O/c1-10-13(17)5-4-6-14(10)19-16(21)12-9-11(18)7-8-15(12)20(2)3/h4-9H,18H2,1-3H3,(H,19,21). The lowest BCUT2D eigenvalue weighted by molar-refractivity contribution is 0.102. The van der Waals surface area contributed by atoms with Crippen LogP contribution >= 0.6 is 0 Å². The van der Waals surface area contributed by atoms with E-state index in [0.29, 0.717) is 22.5 Å². The van der Waals surface area contributed by atoms with Crippen LogP contribution in [0.25, 0.3) is 0 Å². The lowest BCUT2D eigenvalue weighted by atomic mass is 10.1. The van der Waals surface area contributed by atoms with Crippen molar-refractivity contribution in [3.63, 3.8) is 0 Å². The third-order valence-corrected chi connectivity index (χ3v) is 3.26. The van der Waals surface area contributed by atoms with Crippen LogP contribution < -0.4 is 16.0 Å². The van der Waals surface area contributed by atoms with E-state index in [0.717, 1.165) is 5.69 Å². The Kier molecular flexibility index (Phi) is 4.12. The maximum Gasteiger partial charge on any atom is 0.257 e. The maximum absolute atomic E-state index is 13.5. The second-order valence-corrected chi connectivity index (χ2v) is 5.04. The number of hydrogen-bond acceptors (Lipinski definition) is 3. The van der Waals surface area contributed by atoms with Gasteiger partial charge in [-0.1, -0.05) is 6.07 Å². The molecule has 0 unspecified atom stereocenters. The molecule has 0 aliphatic carbocycles. The molecule has 0 radical (unpaired) electrons. The van der Waals surface area contributed by atoms with Gasteiger partial charge >= 0.3 is 0 Å². The minimum atomic E-state index is -0.354. The van der Waals surface area contributed by atoms with Gasteiger partial charge in [-0.05, 0) is 37.3 Å². The summed E-state index contributed by atoms with van der Waals surface area (Å²) in [5, 5.41) is 2.73. The van der Waals surface area contributed by atoms with Crippen LogP contribution in [0.3, 0.4) is 0 Å². The molecule has 0 bridgehead atoms. The number of carbonyl (C=O) groups is 1. The second-order valence-electron chi connectivity index (χ2n) is 5.04. The summed E-state index contributed by atoms with van der Waals surface area (Å²) in [7, 11) is 3.69. The number of nitrogens with one attached hydrogen (secondary N) is 1. The van der Waals surface area contributed by atoms with Crippen LogP contribution in [0.15, 0.2) is 36.4 Å². The van der Waals surface area contributed by atoms with Crippen LogP contribution in [0.4, 0.5) is 21.5 Å². The quantitative estimate of drug-likeness (QED) is 0.853. The largest absolute Gasteiger partial charge is 0.399 e. The molecule has 0 saturated heterocycles. The molecule has 0 fully saturated rings. The molecule has 0 aromatic heterocycles. The summed E-state index contributed by atoms with van der Waals surface area (Å²) in [4.78, 5) is 14.3. The summed E-state index contributed by atoms with van der Waals surface area (Å²) in [5.74, 6) is -0.673. The van der Waals surface area contributed by atoms with Crippen LogP contribution in [0, 0.1) is 12.7 Å². The van der Waals surface area contributed by atoms with E-state index in [9.17, 15) is 9.18 Å². The predicted molar refractivity (Wildman–Crippen MR) is 84.3 cm³/mol. The minimum absolute atomic E-state index is 0.320. The topological polar surface area (TPSA) is 58.4 Å². The molecule has 0 atom stereocenters. The summed E-state index contributed by atoms with van der Waals surface area (Å²) < 4.78 is 13.5. The fraction of sp³-hybridized carbons (Fsp3) is 0.188. The molecule has 5 heteroatoms. The number of hydrogen-bond donors (Lipinski definition) is 2. The average Bonchev–Trinajstić information content (AvgIpc) is 2.43. The van der Waals surface area contributed by atoms with Gasteiger partial charge in [0.2, 0.25) is 0 Å². The SMILES string of the molecule is Cc1c(F)cccc1NC(=O)c1cc(N)ccc1N(C)C. The van der Waals surface area contributed by atoms with Crippen molar-refractivity contribution in [1.29, 1.82) is 0 Å². The third-order valence-electron chi connectivity index (χ3n) is 3.26. The van der Waals surface area contributed by atoms with E-state index in [1.165, 1.54) is 6.07 Å². The monoisotopic (exact) mass is 287 g/mol. The zero-order valence-electron chi connectivity index (χ0n) is 12.3. The van der Waals surface area contributed by atoms with E-state index >= 15 is 0 Å². The molecule has 3 N–H and O–H groups in total. The first kappa shape index (κ1) is 14.8. The molecule has 110 valence electrons. The van der Waals surface area contributed by atoms with E-state index in [1.54, 1.807) is 37.3 Å². The summed E-state index contributed by atoms with van der Waals surface area (Å²) in [5.41, 5.74) is 8.30. The van der Waals surface area contributed by atoms with E-state index < -0.39 is 0 Å². The number of carbonyl (C=O) groups excluding carboxylic acids is 1. The van der Waals surface area contributed by atoms with Gasteiger partial charge < -0.3 is 16.0 Å². The van der Waals surface area contributed by atoms with Gasteiger partial charge in [-0.3, -0.25) is 4.79 Å². The minimum Gasteiger partial charge on any atom is -0.399 e. The normalized spacial score (nSPS) is 10.3. The van der Waals surface area contributed by atoms with Crippen LogP contribution in [0.1, 0.15) is 15.9 Å². The zero-order chi connectivity index (χ0) is 15.6. The molecular weight excluding hydrogens is 269 g/mol. The fourth-order valence-corrected chi connectivity index (χ4v) is 2.06. The van der Waals surface area contributed by atoms with Gasteiger partial charge in [-0.15, -0.1) is 0 Å². The van der Waals surface area contributed by atoms with Crippen LogP contribution in [-0.2, 0) is 0 Å². The van der Waals surface area contributed by atoms with Crippen molar-refractivity contribution >= 4 is 23.0 Å². The van der Waals surface area contributed by atoms with Gasteiger partial charge in [0.15, 0.2) is 0 Å². The highest BCUT2D eigenvalue weighted by Crippen LogP contribution is 2.24. The molecule has 2 rings (SSSR count). The molecule has 0 aliphatic rings.